The first-order chi connectivity index (χ1) is 3.75. The molecule has 0 aromatic heterocycles. The zero-order valence-electron chi connectivity index (χ0n) is 4.03. The van der Waals surface area contributed by atoms with Crippen LogP contribution in [0, 0.1) is 5.92 Å². The number of halogens is 2. The van der Waals surface area contributed by atoms with Crippen molar-refractivity contribution >= 4 is 28.8 Å². The van der Waals surface area contributed by atoms with E-state index < -0.39 is 6.17 Å². The minimum Gasteiger partial charge on any atom is -0.298 e. The molecule has 1 aliphatic carbocycles. The highest BCUT2D eigenvalue weighted by atomic mass is 127. The highest BCUT2D eigenvalue weighted by molar-refractivity contribution is 14.1. The summed E-state index contributed by atoms with van der Waals surface area (Å²) in [5.41, 5.74) is 0. The van der Waals surface area contributed by atoms with Crippen LogP contribution in [0.1, 0.15) is 6.42 Å². The Morgan fingerprint density at radius 2 is 2.38 bits per heavy atom. The van der Waals surface area contributed by atoms with Crippen LogP contribution in [0.25, 0.3) is 0 Å². The molecule has 2 unspecified atom stereocenters. The number of amides is 1. The zero-order chi connectivity index (χ0) is 6.15. The number of carbonyl (C=O) groups is 1. The summed E-state index contributed by atoms with van der Waals surface area (Å²) < 4.78 is 14.3. The van der Waals surface area contributed by atoms with Gasteiger partial charge in [0.1, 0.15) is 6.17 Å². The zero-order valence-corrected chi connectivity index (χ0v) is 6.18. The van der Waals surface area contributed by atoms with Gasteiger partial charge >= 0.3 is 0 Å². The molecule has 1 N–H and O–H groups in total. The molecule has 0 aromatic rings. The Morgan fingerprint density at radius 1 is 1.88 bits per heavy atom. The molecule has 4 heteroatoms. The monoisotopic (exact) mass is 229 g/mol. The van der Waals surface area contributed by atoms with Crippen LogP contribution in [0.15, 0.2) is 0 Å². The molecule has 1 saturated carbocycles. The maximum atomic E-state index is 11.9. The fourth-order valence-electron chi connectivity index (χ4n) is 0.505. The number of nitrogens with one attached hydrogen (secondary N) is 1. The summed E-state index contributed by atoms with van der Waals surface area (Å²) in [5.74, 6) is -0.523. The van der Waals surface area contributed by atoms with Crippen molar-refractivity contribution in [2.45, 2.75) is 12.6 Å². The highest BCUT2D eigenvalue weighted by Gasteiger charge is 2.43. The van der Waals surface area contributed by atoms with Crippen LogP contribution >= 0.6 is 22.9 Å². The molecule has 2 nitrogen and oxygen atoms in total. The number of hydrogen-bond donors (Lipinski definition) is 1. The Hall–Kier alpha value is 0.130. The quantitative estimate of drug-likeness (QED) is 0.523. The first kappa shape index (κ1) is 6.25. The van der Waals surface area contributed by atoms with E-state index in [9.17, 15) is 9.18 Å². The Bertz CT molecular complexity index is 119. The topological polar surface area (TPSA) is 29.1 Å². The summed E-state index contributed by atoms with van der Waals surface area (Å²) in [4.78, 5) is 10.4. The molecule has 46 valence electrons. The van der Waals surface area contributed by atoms with Crippen LogP contribution in [0.5, 0.6) is 0 Å². The van der Waals surface area contributed by atoms with Crippen molar-refractivity contribution in [2.75, 3.05) is 0 Å². The van der Waals surface area contributed by atoms with Crippen LogP contribution in [-0.4, -0.2) is 12.1 Å². The molecular formula is C4H5FINO. The lowest BCUT2D eigenvalue weighted by atomic mass is 10.4. The Kier molecular flexibility index (Phi) is 1.69. The molecule has 0 radical (unpaired) electrons. The maximum Gasteiger partial charge on any atom is 0.234 e. The van der Waals surface area contributed by atoms with Gasteiger partial charge in [-0.05, 0) is 6.42 Å². The summed E-state index contributed by atoms with van der Waals surface area (Å²) >= 11 is 1.71. The van der Waals surface area contributed by atoms with Crippen molar-refractivity contribution < 1.29 is 9.18 Å². The highest BCUT2D eigenvalue weighted by Crippen LogP contribution is 2.33. The first-order valence-electron chi connectivity index (χ1n) is 2.30. The smallest absolute Gasteiger partial charge is 0.234 e. The summed E-state index contributed by atoms with van der Waals surface area (Å²) in [7, 11) is 0. The molecule has 1 amide bonds. The lowest BCUT2D eigenvalue weighted by Gasteiger charge is -1.88. The lowest BCUT2D eigenvalue weighted by Crippen LogP contribution is -2.14. The van der Waals surface area contributed by atoms with Crippen molar-refractivity contribution in [1.82, 2.24) is 3.53 Å². The van der Waals surface area contributed by atoms with Gasteiger partial charge in [0.05, 0.1) is 28.8 Å². The Labute approximate surface area is 60.3 Å². The molecular weight excluding hydrogens is 224 g/mol. The molecule has 0 spiro atoms. The van der Waals surface area contributed by atoms with E-state index in [-0.39, 0.29) is 11.8 Å². The van der Waals surface area contributed by atoms with E-state index in [0.717, 1.165) is 0 Å². The first-order valence-corrected chi connectivity index (χ1v) is 3.38. The molecule has 0 saturated heterocycles. The van der Waals surface area contributed by atoms with Crippen LogP contribution in [0.4, 0.5) is 4.39 Å². The molecule has 0 aromatic carbocycles. The van der Waals surface area contributed by atoms with Gasteiger partial charge in [0.15, 0.2) is 0 Å². The largest absolute Gasteiger partial charge is 0.298 e. The van der Waals surface area contributed by atoms with Crippen LogP contribution < -0.4 is 3.53 Å². The number of hydrogen-bond acceptors (Lipinski definition) is 1. The fourth-order valence-corrected chi connectivity index (χ4v) is 0.905. The maximum absolute atomic E-state index is 11.9. The minimum atomic E-state index is -0.871. The van der Waals surface area contributed by atoms with Gasteiger partial charge in [0.25, 0.3) is 0 Å². The van der Waals surface area contributed by atoms with Crippen molar-refractivity contribution in [3.63, 3.8) is 0 Å². The second-order valence-corrected chi connectivity index (χ2v) is 2.36. The molecule has 8 heavy (non-hydrogen) atoms. The third-order valence-corrected chi connectivity index (χ3v) is 1.67. The number of carbonyl (C=O) groups excluding carboxylic acids is 1. The standard InChI is InChI=1S/C4H5FINO/c5-3-1-2(3)4(8)7-6/h2-3H,1H2,(H,7,8). The minimum absolute atomic E-state index is 0.182. The van der Waals surface area contributed by atoms with E-state index in [0.29, 0.717) is 6.42 Å². The SMILES string of the molecule is O=C(NI)C1CC1F. The van der Waals surface area contributed by atoms with E-state index in [4.69, 9.17) is 0 Å². The number of alkyl halides is 1. The second kappa shape index (κ2) is 2.16. The predicted octanol–water partition coefficient (Wildman–Crippen LogP) is 0.811. The van der Waals surface area contributed by atoms with Crippen molar-refractivity contribution in [3.8, 4) is 0 Å². The fraction of sp³-hybridized carbons (Fsp3) is 0.750. The van der Waals surface area contributed by atoms with Gasteiger partial charge in [-0.3, -0.25) is 8.32 Å². The van der Waals surface area contributed by atoms with Gasteiger partial charge in [-0.2, -0.15) is 0 Å². The average molecular weight is 229 g/mol. The third kappa shape index (κ3) is 1.10. The van der Waals surface area contributed by atoms with Crippen LogP contribution in [0.2, 0.25) is 0 Å². The summed E-state index contributed by atoms with van der Waals surface area (Å²) in [6, 6.07) is 0. The molecule has 0 aliphatic heterocycles. The van der Waals surface area contributed by atoms with E-state index in [1.54, 1.807) is 22.9 Å². The van der Waals surface area contributed by atoms with Gasteiger partial charge in [0, 0.05) is 0 Å². The van der Waals surface area contributed by atoms with Gasteiger partial charge < -0.3 is 0 Å². The summed E-state index contributed by atoms with van der Waals surface area (Å²) in [6.07, 6.45) is -0.459. The van der Waals surface area contributed by atoms with Gasteiger partial charge in [0.2, 0.25) is 5.91 Å². The normalized spacial score (nSPS) is 34.2. The second-order valence-electron chi connectivity index (χ2n) is 1.82. The Balaban J connectivity index is 2.28. The van der Waals surface area contributed by atoms with Crippen molar-refractivity contribution in [3.05, 3.63) is 0 Å². The van der Waals surface area contributed by atoms with Gasteiger partial charge in [-0.1, -0.05) is 0 Å². The van der Waals surface area contributed by atoms with Gasteiger partial charge in [-0.25, -0.2) is 4.39 Å². The average Bonchev–Trinajstić information content (AvgIpc) is 2.45. The van der Waals surface area contributed by atoms with Crippen LogP contribution in [-0.2, 0) is 4.79 Å². The molecule has 2 atom stereocenters. The van der Waals surface area contributed by atoms with E-state index >= 15 is 0 Å². The third-order valence-electron chi connectivity index (χ3n) is 1.14. The van der Waals surface area contributed by atoms with E-state index in [2.05, 4.69) is 3.53 Å². The van der Waals surface area contributed by atoms with Crippen molar-refractivity contribution in [1.29, 1.82) is 0 Å². The van der Waals surface area contributed by atoms with Gasteiger partial charge in [-0.15, -0.1) is 0 Å². The molecule has 1 fully saturated rings. The molecule has 0 heterocycles. The molecule has 1 rings (SSSR count). The van der Waals surface area contributed by atoms with Crippen molar-refractivity contribution in [2.24, 2.45) is 5.92 Å². The number of rotatable bonds is 1. The predicted molar refractivity (Wildman–Crippen MR) is 35.2 cm³/mol. The lowest BCUT2D eigenvalue weighted by molar-refractivity contribution is -0.120. The summed E-state index contributed by atoms with van der Waals surface area (Å²) in [6.45, 7) is 0. The molecule has 1 aliphatic rings. The van der Waals surface area contributed by atoms with E-state index in [1.165, 1.54) is 0 Å². The molecule has 0 bridgehead atoms. The summed E-state index contributed by atoms with van der Waals surface area (Å²) in [5, 5.41) is 0. The Morgan fingerprint density at radius 3 is 2.50 bits per heavy atom. The van der Waals surface area contributed by atoms with E-state index in [1.807, 2.05) is 0 Å². The van der Waals surface area contributed by atoms with Crippen LogP contribution in [0.3, 0.4) is 0 Å².